The quantitative estimate of drug-likeness (QED) is 0.316. The Hall–Kier alpha value is -4.18. The third-order valence-corrected chi connectivity index (χ3v) is 4.74. The number of benzene rings is 4. The smallest absolute Gasteiger partial charge is 0.271 e. The average Bonchev–Trinajstić information content (AvgIpc) is 2.84. The Morgan fingerprint density at radius 2 is 1.45 bits per heavy atom. The zero-order chi connectivity index (χ0) is 21.3. The van der Waals surface area contributed by atoms with Gasteiger partial charge in [-0.05, 0) is 46.5 Å². The summed E-state index contributed by atoms with van der Waals surface area (Å²) in [6.45, 7) is 0.497. The van der Waals surface area contributed by atoms with Crippen LogP contribution in [0.15, 0.2) is 114 Å². The van der Waals surface area contributed by atoms with Crippen LogP contribution < -0.4 is 10.2 Å². The van der Waals surface area contributed by atoms with E-state index >= 15 is 0 Å². The summed E-state index contributed by atoms with van der Waals surface area (Å²) in [6.07, 6.45) is 1.60. The molecule has 0 aliphatic carbocycles. The van der Waals surface area contributed by atoms with Crippen molar-refractivity contribution in [2.24, 2.45) is 5.10 Å². The number of hydrazone groups is 1. The van der Waals surface area contributed by atoms with E-state index in [1.165, 1.54) is 0 Å². The van der Waals surface area contributed by atoms with Crippen molar-refractivity contribution in [3.05, 3.63) is 126 Å². The first-order valence-electron chi connectivity index (χ1n) is 10.0. The Labute approximate surface area is 181 Å². The Morgan fingerprint density at radius 1 is 0.774 bits per heavy atom. The van der Waals surface area contributed by atoms with Crippen LogP contribution in [-0.4, -0.2) is 12.1 Å². The number of nitrogens with one attached hydrogen (secondary N) is 1. The Bertz CT molecular complexity index is 1150. The lowest BCUT2D eigenvalue weighted by Crippen LogP contribution is -2.17. The summed E-state index contributed by atoms with van der Waals surface area (Å²) in [4.78, 5) is 12.4. The van der Waals surface area contributed by atoms with Crippen molar-refractivity contribution in [3.8, 4) is 16.9 Å². The summed E-state index contributed by atoms with van der Waals surface area (Å²) in [7, 11) is 0. The third kappa shape index (κ3) is 5.67. The zero-order valence-corrected chi connectivity index (χ0v) is 16.9. The second-order valence-corrected chi connectivity index (χ2v) is 6.99. The van der Waals surface area contributed by atoms with Gasteiger partial charge in [0.25, 0.3) is 5.91 Å². The maximum atomic E-state index is 12.4. The normalized spacial score (nSPS) is 10.7. The van der Waals surface area contributed by atoms with E-state index in [0.29, 0.717) is 12.2 Å². The van der Waals surface area contributed by atoms with Crippen LogP contribution in [0.4, 0.5) is 0 Å². The standard InChI is InChI=1S/C27H22N2O2/c30-27(25-16-14-24(15-17-25)23-11-5-2-6-12-23)29-28-19-22-10-7-13-26(18-22)31-20-21-8-3-1-4-9-21/h1-19H,20H2,(H,29,30)/b28-19+. The number of carbonyl (C=O) groups is 1. The van der Waals surface area contributed by atoms with Gasteiger partial charge in [-0.1, -0.05) is 84.9 Å². The van der Waals surface area contributed by atoms with E-state index in [1.807, 2.05) is 97.1 Å². The second-order valence-electron chi connectivity index (χ2n) is 6.99. The molecule has 4 aromatic rings. The molecule has 0 radical (unpaired) electrons. The van der Waals surface area contributed by atoms with Crippen LogP contribution in [0.5, 0.6) is 5.75 Å². The molecule has 0 atom stereocenters. The Kier molecular flexibility index (Phi) is 6.51. The van der Waals surface area contributed by atoms with E-state index in [1.54, 1.807) is 18.3 Å². The molecule has 0 aliphatic rings. The minimum atomic E-state index is -0.257. The van der Waals surface area contributed by atoms with Crippen LogP contribution in [0.2, 0.25) is 0 Å². The Balaban J connectivity index is 1.33. The predicted molar refractivity (Wildman–Crippen MR) is 124 cm³/mol. The third-order valence-electron chi connectivity index (χ3n) is 4.74. The number of hydrogen-bond acceptors (Lipinski definition) is 3. The van der Waals surface area contributed by atoms with Gasteiger partial charge in [-0.2, -0.15) is 5.10 Å². The van der Waals surface area contributed by atoms with Crippen LogP contribution in [0.25, 0.3) is 11.1 Å². The molecule has 0 aromatic heterocycles. The summed E-state index contributed by atoms with van der Waals surface area (Å²) in [5.41, 5.74) is 7.24. The molecule has 4 aromatic carbocycles. The SMILES string of the molecule is O=C(N/N=C/c1cccc(OCc2ccccc2)c1)c1ccc(-c2ccccc2)cc1. The first-order valence-corrected chi connectivity index (χ1v) is 10.0. The van der Waals surface area contributed by atoms with Gasteiger partial charge in [0.2, 0.25) is 0 Å². The van der Waals surface area contributed by atoms with E-state index in [4.69, 9.17) is 4.74 Å². The first-order chi connectivity index (χ1) is 15.3. The summed E-state index contributed by atoms with van der Waals surface area (Å²) in [6, 6.07) is 35.1. The first kappa shape index (κ1) is 20.1. The molecule has 0 heterocycles. The second kappa shape index (κ2) is 10.0. The van der Waals surface area contributed by atoms with Crippen LogP contribution in [-0.2, 0) is 6.61 Å². The lowest BCUT2D eigenvalue weighted by atomic mass is 10.0. The van der Waals surface area contributed by atoms with Crippen molar-refractivity contribution < 1.29 is 9.53 Å². The fourth-order valence-corrected chi connectivity index (χ4v) is 3.10. The molecule has 0 fully saturated rings. The number of rotatable bonds is 7. The fourth-order valence-electron chi connectivity index (χ4n) is 3.10. The van der Waals surface area contributed by atoms with E-state index in [9.17, 15) is 4.79 Å². The van der Waals surface area contributed by atoms with Crippen molar-refractivity contribution >= 4 is 12.1 Å². The molecule has 1 amide bonds. The monoisotopic (exact) mass is 406 g/mol. The van der Waals surface area contributed by atoms with Gasteiger partial charge in [0, 0.05) is 5.56 Å². The fraction of sp³-hybridized carbons (Fsp3) is 0.0370. The molecule has 0 bridgehead atoms. The minimum Gasteiger partial charge on any atom is -0.489 e. The summed E-state index contributed by atoms with van der Waals surface area (Å²) < 4.78 is 5.83. The molecule has 0 spiro atoms. The summed E-state index contributed by atoms with van der Waals surface area (Å²) >= 11 is 0. The van der Waals surface area contributed by atoms with Crippen LogP contribution in [0, 0.1) is 0 Å². The van der Waals surface area contributed by atoms with Crippen molar-refractivity contribution in [2.75, 3.05) is 0 Å². The van der Waals surface area contributed by atoms with E-state index in [2.05, 4.69) is 10.5 Å². The molecule has 4 heteroatoms. The lowest BCUT2D eigenvalue weighted by molar-refractivity contribution is 0.0955. The molecular weight excluding hydrogens is 384 g/mol. The van der Waals surface area contributed by atoms with Crippen molar-refractivity contribution in [3.63, 3.8) is 0 Å². The molecule has 4 rings (SSSR count). The highest BCUT2D eigenvalue weighted by molar-refractivity contribution is 5.95. The molecule has 0 aliphatic heterocycles. The molecule has 0 saturated carbocycles. The zero-order valence-electron chi connectivity index (χ0n) is 16.9. The maximum Gasteiger partial charge on any atom is 0.271 e. The molecule has 0 unspecified atom stereocenters. The van der Waals surface area contributed by atoms with Crippen LogP contribution >= 0.6 is 0 Å². The predicted octanol–water partition coefficient (Wildman–Crippen LogP) is 5.70. The van der Waals surface area contributed by atoms with E-state index in [-0.39, 0.29) is 5.91 Å². The number of hydrogen-bond donors (Lipinski definition) is 1. The molecule has 1 N–H and O–H groups in total. The largest absolute Gasteiger partial charge is 0.489 e. The molecular formula is C27H22N2O2. The number of amides is 1. The highest BCUT2D eigenvalue weighted by Crippen LogP contribution is 2.19. The molecule has 152 valence electrons. The van der Waals surface area contributed by atoms with Gasteiger partial charge in [0.15, 0.2) is 0 Å². The summed E-state index contributed by atoms with van der Waals surface area (Å²) in [5.74, 6) is 0.489. The highest BCUT2D eigenvalue weighted by atomic mass is 16.5. The van der Waals surface area contributed by atoms with E-state index < -0.39 is 0 Å². The van der Waals surface area contributed by atoms with Gasteiger partial charge in [-0.25, -0.2) is 5.43 Å². The van der Waals surface area contributed by atoms with Gasteiger partial charge in [0.1, 0.15) is 12.4 Å². The molecule has 4 nitrogen and oxygen atoms in total. The van der Waals surface area contributed by atoms with E-state index in [0.717, 1.165) is 28.0 Å². The number of ether oxygens (including phenoxy) is 1. The van der Waals surface area contributed by atoms with Gasteiger partial charge >= 0.3 is 0 Å². The Morgan fingerprint density at radius 3 is 2.19 bits per heavy atom. The average molecular weight is 406 g/mol. The molecule has 31 heavy (non-hydrogen) atoms. The lowest BCUT2D eigenvalue weighted by Gasteiger charge is -2.07. The van der Waals surface area contributed by atoms with Crippen molar-refractivity contribution in [2.45, 2.75) is 6.61 Å². The summed E-state index contributed by atoms with van der Waals surface area (Å²) in [5, 5.41) is 4.08. The minimum absolute atomic E-state index is 0.257. The van der Waals surface area contributed by atoms with Gasteiger partial charge in [-0.15, -0.1) is 0 Å². The van der Waals surface area contributed by atoms with Gasteiger partial charge < -0.3 is 4.74 Å². The van der Waals surface area contributed by atoms with Crippen molar-refractivity contribution in [1.82, 2.24) is 5.43 Å². The van der Waals surface area contributed by atoms with Crippen molar-refractivity contribution in [1.29, 1.82) is 0 Å². The van der Waals surface area contributed by atoms with Crippen LogP contribution in [0.3, 0.4) is 0 Å². The van der Waals surface area contributed by atoms with Gasteiger partial charge in [-0.3, -0.25) is 4.79 Å². The molecule has 0 saturated heterocycles. The maximum absolute atomic E-state index is 12.4. The topological polar surface area (TPSA) is 50.7 Å². The number of carbonyl (C=O) groups excluding carboxylic acids is 1. The van der Waals surface area contributed by atoms with Crippen LogP contribution in [0.1, 0.15) is 21.5 Å². The van der Waals surface area contributed by atoms with Gasteiger partial charge in [0.05, 0.1) is 6.21 Å². The number of nitrogens with zero attached hydrogens (tertiary/aromatic N) is 1. The highest BCUT2D eigenvalue weighted by Gasteiger charge is 2.05.